The Bertz CT molecular complexity index is 632. The molecule has 4 nitrogen and oxygen atoms in total. The number of nitrogens with one attached hydrogen (secondary N) is 1. The highest BCUT2D eigenvalue weighted by Crippen LogP contribution is 2.25. The number of benzene rings is 1. The molecule has 1 aromatic heterocycles. The number of carbonyl (C=O) groups excluding carboxylic acids is 1. The van der Waals surface area contributed by atoms with Gasteiger partial charge in [-0.3, -0.25) is 4.79 Å². The number of ether oxygens (including phenoxy) is 1. The quantitative estimate of drug-likeness (QED) is 0.929. The third-order valence-corrected chi connectivity index (χ3v) is 3.51. The maximum absolute atomic E-state index is 13.1. The minimum atomic E-state index is -0.391. The Morgan fingerprint density at radius 1 is 1.24 bits per heavy atom. The molecular weight excluding hydrogens is 273 g/mol. The lowest BCUT2D eigenvalue weighted by Gasteiger charge is -2.09. The van der Waals surface area contributed by atoms with E-state index in [-0.39, 0.29) is 23.7 Å². The highest BCUT2D eigenvalue weighted by molar-refractivity contribution is 5.91. The molecule has 1 N–H and O–H groups in total. The number of rotatable bonds is 4. The average Bonchev–Trinajstić information content (AvgIpc) is 3.10. The zero-order valence-electron chi connectivity index (χ0n) is 11.5. The first-order valence-corrected chi connectivity index (χ1v) is 7.05. The monoisotopic (exact) mass is 289 g/mol. The highest BCUT2D eigenvalue weighted by Gasteiger charge is 2.20. The predicted molar refractivity (Wildman–Crippen MR) is 74.9 cm³/mol. The second-order valence-corrected chi connectivity index (χ2v) is 5.13. The number of furan rings is 1. The van der Waals surface area contributed by atoms with Gasteiger partial charge < -0.3 is 14.5 Å². The summed E-state index contributed by atoms with van der Waals surface area (Å²) in [4.78, 5) is 12.0. The zero-order valence-corrected chi connectivity index (χ0v) is 11.5. The molecule has 1 aliphatic rings. The molecule has 0 bridgehead atoms. The van der Waals surface area contributed by atoms with Gasteiger partial charge in [0, 0.05) is 18.2 Å². The summed E-state index contributed by atoms with van der Waals surface area (Å²) in [5.74, 6) is 0.0619. The van der Waals surface area contributed by atoms with Crippen molar-refractivity contribution >= 4 is 5.91 Å². The molecular formula is C16H16FNO3. The lowest BCUT2D eigenvalue weighted by atomic mass is 10.2. The van der Waals surface area contributed by atoms with E-state index in [1.165, 1.54) is 12.1 Å². The molecule has 1 saturated carbocycles. The molecule has 2 aromatic rings. The van der Waals surface area contributed by atoms with E-state index in [1.54, 1.807) is 24.3 Å². The Kier molecular flexibility index (Phi) is 3.90. The molecule has 0 spiro atoms. The summed E-state index contributed by atoms with van der Waals surface area (Å²) >= 11 is 0. The van der Waals surface area contributed by atoms with E-state index in [9.17, 15) is 9.18 Å². The van der Waals surface area contributed by atoms with Crippen molar-refractivity contribution in [3.63, 3.8) is 0 Å². The van der Waals surface area contributed by atoms with Gasteiger partial charge in [-0.2, -0.15) is 0 Å². The van der Waals surface area contributed by atoms with Gasteiger partial charge in [-0.15, -0.1) is 0 Å². The Hall–Kier alpha value is -2.30. The molecule has 0 atom stereocenters. The second kappa shape index (κ2) is 5.99. The minimum Gasteiger partial charge on any atom is -0.426 e. The molecule has 0 radical (unpaired) electrons. The van der Waals surface area contributed by atoms with Crippen LogP contribution in [-0.2, 0) is 0 Å². The molecule has 1 amide bonds. The van der Waals surface area contributed by atoms with Crippen molar-refractivity contribution in [1.82, 2.24) is 5.32 Å². The van der Waals surface area contributed by atoms with Crippen LogP contribution in [0.5, 0.6) is 11.7 Å². The second-order valence-electron chi connectivity index (χ2n) is 5.13. The Labute approximate surface area is 121 Å². The van der Waals surface area contributed by atoms with Crippen LogP contribution in [-0.4, -0.2) is 11.9 Å². The van der Waals surface area contributed by atoms with Crippen molar-refractivity contribution < 1.29 is 18.3 Å². The van der Waals surface area contributed by atoms with Gasteiger partial charge in [-0.1, -0.05) is 18.9 Å². The van der Waals surface area contributed by atoms with Gasteiger partial charge in [0.05, 0.1) is 0 Å². The fraction of sp³-hybridized carbons (Fsp3) is 0.312. The predicted octanol–water partition coefficient (Wildman–Crippen LogP) is 3.88. The minimum absolute atomic E-state index is 0.164. The van der Waals surface area contributed by atoms with Gasteiger partial charge in [0.25, 0.3) is 11.9 Å². The van der Waals surface area contributed by atoms with Gasteiger partial charge in [-0.25, -0.2) is 4.39 Å². The first kappa shape index (κ1) is 13.7. The first-order valence-electron chi connectivity index (χ1n) is 7.05. The maximum atomic E-state index is 13.1. The highest BCUT2D eigenvalue weighted by atomic mass is 19.1. The van der Waals surface area contributed by atoms with Crippen LogP contribution in [0.1, 0.15) is 36.2 Å². The van der Waals surface area contributed by atoms with Crippen LogP contribution in [0.15, 0.2) is 40.8 Å². The summed E-state index contributed by atoms with van der Waals surface area (Å²) in [6, 6.07) is 9.07. The molecule has 1 heterocycles. The van der Waals surface area contributed by atoms with E-state index in [2.05, 4.69) is 5.32 Å². The van der Waals surface area contributed by atoms with Crippen LogP contribution in [0.3, 0.4) is 0 Å². The standard InChI is InChI=1S/C16H16FNO3/c17-11-4-3-7-13(10-11)20-15-9-8-14(21-15)16(19)18-12-5-1-2-6-12/h3-4,7-10,12H,1-2,5-6H2,(H,18,19). The third-order valence-electron chi connectivity index (χ3n) is 3.51. The zero-order chi connectivity index (χ0) is 14.7. The van der Waals surface area contributed by atoms with Gasteiger partial charge in [0.1, 0.15) is 11.6 Å². The van der Waals surface area contributed by atoms with Crippen molar-refractivity contribution in [3.05, 3.63) is 48.0 Å². The molecule has 110 valence electrons. The number of carbonyl (C=O) groups is 1. The Balaban J connectivity index is 1.64. The topological polar surface area (TPSA) is 51.5 Å². The molecule has 5 heteroatoms. The van der Waals surface area contributed by atoms with Crippen molar-refractivity contribution in [2.24, 2.45) is 0 Å². The first-order chi connectivity index (χ1) is 10.2. The number of amides is 1. The van der Waals surface area contributed by atoms with Gasteiger partial charge >= 0.3 is 0 Å². The van der Waals surface area contributed by atoms with E-state index in [4.69, 9.17) is 9.15 Å². The molecule has 0 aliphatic heterocycles. The average molecular weight is 289 g/mol. The molecule has 1 aromatic carbocycles. The Morgan fingerprint density at radius 3 is 2.81 bits per heavy atom. The van der Waals surface area contributed by atoms with Gasteiger partial charge in [0.2, 0.25) is 0 Å². The maximum Gasteiger partial charge on any atom is 0.290 e. The van der Waals surface area contributed by atoms with E-state index >= 15 is 0 Å². The number of hydrogen-bond donors (Lipinski definition) is 1. The smallest absolute Gasteiger partial charge is 0.290 e. The summed E-state index contributed by atoms with van der Waals surface area (Å²) in [6.07, 6.45) is 4.33. The lowest BCUT2D eigenvalue weighted by Crippen LogP contribution is -2.32. The van der Waals surface area contributed by atoms with Gasteiger partial charge in [-0.05, 0) is 31.0 Å². The summed E-state index contributed by atoms with van der Waals surface area (Å²) in [5, 5.41) is 2.93. The summed E-state index contributed by atoms with van der Waals surface area (Å²) in [5.41, 5.74) is 0. The fourth-order valence-corrected chi connectivity index (χ4v) is 2.47. The normalized spacial score (nSPS) is 15.1. The van der Waals surface area contributed by atoms with Crippen molar-refractivity contribution in [3.8, 4) is 11.7 Å². The lowest BCUT2D eigenvalue weighted by molar-refractivity contribution is 0.0905. The van der Waals surface area contributed by atoms with E-state index in [0.29, 0.717) is 5.75 Å². The SMILES string of the molecule is O=C(NC1CCCC1)c1ccc(Oc2cccc(F)c2)o1. The van der Waals surface area contributed by atoms with Crippen LogP contribution in [0.4, 0.5) is 4.39 Å². The van der Waals surface area contributed by atoms with Crippen LogP contribution < -0.4 is 10.1 Å². The largest absolute Gasteiger partial charge is 0.426 e. The molecule has 1 fully saturated rings. The van der Waals surface area contributed by atoms with Crippen LogP contribution in [0.25, 0.3) is 0 Å². The molecule has 21 heavy (non-hydrogen) atoms. The van der Waals surface area contributed by atoms with Crippen LogP contribution in [0.2, 0.25) is 0 Å². The van der Waals surface area contributed by atoms with Crippen LogP contribution in [0, 0.1) is 5.82 Å². The van der Waals surface area contributed by atoms with E-state index < -0.39 is 5.82 Å². The summed E-state index contributed by atoms with van der Waals surface area (Å²) in [7, 11) is 0. The number of halogens is 1. The summed E-state index contributed by atoms with van der Waals surface area (Å²) in [6.45, 7) is 0. The van der Waals surface area contributed by atoms with Crippen molar-refractivity contribution in [1.29, 1.82) is 0 Å². The van der Waals surface area contributed by atoms with Crippen molar-refractivity contribution in [2.75, 3.05) is 0 Å². The summed E-state index contributed by atoms with van der Waals surface area (Å²) < 4.78 is 23.8. The van der Waals surface area contributed by atoms with E-state index in [1.807, 2.05) is 0 Å². The molecule has 3 rings (SSSR count). The van der Waals surface area contributed by atoms with E-state index in [0.717, 1.165) is 25.7 Å². The number of hydrogen-bond acceptors (Lipinski definition) is 3. The van der Waals surface area contributed by atoms with Crippen molar-refractivity contribution in [2.45, 2.75) is 31.7 Å². The molecule has 0 unspecified atom stereocenters. The third kappa shape index (κ3) is 3.42. The van der Waals surface area contributed by atoms with Crippen LogP contribution >= 0.6 is 0 Å². The molecule has 1 aliphatic carbocycles. The molecule has 0 saturated heterocycles. The Morgan fingerprint density at radius 2 is 2.05 bits per heavy atom. The fourth-order valence-electron chi connectivity index (χ4n) is 2.47. The van der Waals surface area contributed by atoms with Gasteiger partial charge in [0.15, 0.2) is 5.76 Å².